The number of hydrogen-bond acceptors (Lipinski definition) is 3. The van der Waals surface area contributed by atoms with Gasteiger partial charge in [0.05, 0.1) is 17.6 Å². The molecule has 144 valence electrons. The third-order valence-electron chi connectivity index (χ3n) is 6.32. The zero-order valence-corrected chi connectivity index (χ0v) is 15.9. The van der Waals surface area contributed by atoms with E-state index in [0.29, 0.717) is 38.0 Å². The molecule has 0 bridgehead atoms. The predicted molar refractivity (Wildman–Crippen MR) is 105 cm³/mol. The topological polar surface area (TPSA) is 85.1 Å². The highest BCUT2D eigenvalue weighted by Crippen LogP contribution is 2.42. The molecule has 3 aromatic rings. The zero-order chi connectivity index (χ0) is 19.3. The number of imidazole rings is 1. The van der Waals surface area contributed by atoms with Gasteiger partial charge in [-0.25, -0.2) is 4.98 Å². The van der Waals surface area contributed by atoms with Crippen LogP contribution in [0.1, 0.15) is 41.5 Å². The monoisotopic (exact) mass is 377 g/mol. The quantitative estimate of drug-likeness (QED) is 0.683. The Morgan fingerprint density at radius 2 is 1.93 bits per heavy atom. The summed E-state index contributed by atoms with van der Waals surface area (Å²) in [7, 11) is 0. The molecule has 4 heterocycles. The number of nitrogens with one attached hydrogen (secondary N) is 2. The summed E-state index contributed by atoms with van der Waals surface area (Å²) < 4.78 is 0. The van der Waals surface area contributed by atoms with E-state index in [2.05, 4.69) is 15.0 Å². The van der Waals surface area contributed by atoms with Crippen molar-refractivity contribution < 1.29 is 9.59 Å². The molecule has 1 saturated heterocycles. The van der Waals surface area contributed by atoms with Crippen LogP contribution in [0.2, 0.25) is 0 Å². The highest BCUT2D eigenvalue weighted by atomic mass is 16.2. The normalized spacial score (nSPS) is 18.5. The van der Waals surface area contributed by atoms with Crippen molar-refractivity contribution in [1.82, 2.24) is 24.8 Å². The van der Waals surface area contributed by atoms with Gasteiger partial charge in [-0.3, -0.25) is 9.59 Å². The predicted octanol–water partition coefficient (Wildman–Crippen LogP) is 2.43. The van der Waals surface area contributed by atoms with Crippen molar-refractivity contribution in [3.63, 3.8) is 0 Å². The van der Waals surface area contributed by atoms with Crippen LogP contribution in [0.3, 0.4) is 0 Å². The molecule has 1 spiro atoms. The van der Waals surface area contributed by atoms with Crippen molar-refractivity contribution in [1.29, 1.82) is 0 Å². The fourth-order valence-electron chi connectivity index (χ4n) is 4.89. The van der Waals surface area contributed by atoms with Gasteiger partial charge in [0, 0.05) is 61.3 Å². The van der Waals surface area contributed by atoms with Crippen LogP contribution in [0, 0.1) is 0 Å². The molecule has 28 heavy (non-hydrogen) atoms. The van der Waals surface area contributed by atoms with Gasteiger partial charge in [-0.1, -0.05) is 0 Å². The summed E-state index contributed by atoms with van der Waals surface area (Å²) in [6.45, 7) is 3.55. The molecule has 7 nitrogen and oxygen atoms in total. The van der Waals surface area contributed by atoms with E-state index in [1.54, 1.807) is 13.3 Å². The number of benzene rings is 1. The van der Waals surface area contributed by atoms with Crippen molar-refractivity contribution in [2.45, 2.75) is 31.7 Å². The van der Waals surface area contributed by atoms with E-state index in [-0.39, 0.29) is 11.8 Å². The maximum absolute atomic E-state index is 13.1. The second kappa shape index (κ2) is 6.22. The Hall–Kier alpha value is -3.09. The Kier molecular flexibility index (Phi) is 3.79. The number of amides is 2. The number of aromatic nitrogens is 3. The summed E-state index contributed by atoms with van der Waals surface area (Å²) in [6.07, 6.45) is 5.82. The largest absolute Gasteiger partial charge is 0.361 e. The Morgan fingerprint density at radius 1 is 1.11 bits per heavy atom. The summed E-state index contributed by atoms with van der Waals surface area (Å²) >= 11 is 0. The average Bonchev–Trinajstić information content (AvgIpc) is 3.37. The van der Waals surface area contributed by atoms with Crippen molar-refractivity contribution in [3.05, 3.63) is 53.7 Å². The van der Waals surface area contributed by atoms with E-state index in [1.807, 2.05) is 40.3 Å². The van der Waals surface area contributed by atoms with Gasteiger partial charge in [-0.05, 0) is 37.1 Å². The number of hydrogen-bond donors (Lipinski definition) is 2. The summed E-state index contributed by atoms with van der Waals surface area (Å²) in [5.41, 5.74) is 3.43. The SMILES string of the molecule is CC(=O)N1CCc2[nH]cnc2C12CCN(C(=O)c1ccc3[nH]ccc3c1)CC2. The van der Waals surface area contributed by atoms with E-state index in [4.69, 9.17) is 0 Å². The van der Waals surface area contributed by atoms with Crippen LogP contribution in [0.5, 0.6) is 0 Å². The molecule has 1 aromatic carbocycles. The first kappa shape index (κ1) is 17.0. The van der Waals surface area contributed by atoms with Gasteiger partial charge >= 0.3 is 0 Å². The van der Waals surface area contributed by atoms with Crippen LogP contribution >= 0.6 is 0 Å². The van der Waals surface area contributed by atoms with Gasteiger partial charge < -0.3 is 19.8 Å². The molecule has 0 aliphatic carbocycles. The van der Waals surface area contributed by atoms with Crippen molar-refractivity contribution >= 4 is 22.7 Å². The molecule has 0 saturated carbocycles. The number of likely N-dealkylation sites (tertiary alicyclic amines) is 1. The summed E-state index contributed by atoms with van der Waals surface area (Å²) in [5, 5.41) is 1.04. The minimum absolute atomic E-state index is 0.0467. The first-order valence-corrected chi connectivity index (χ1v) is 9.76. The summed E-state index contributed by atoms with van der Waals surface area (Å²) in [4.78, 5) is 40.2. The molecule has 0 unspecified atom stereocenters. The first-order valence-electron chi connectivity index (χ1n) is 9.76. The van der Waals surface area contributed by atoms with E-state index in [1.165, 1.54) is 0 Å². The van der Waals surface area contributed by atoms with Crippen molar-refractivity contribution in [2.24, 2.45) is 0 Å². The van der Waals surface area contributed by atoms with Crippen LogP contribution in [0.25, 0.3) is 10.9 Å². The number of nitrogens with zero attached hydrogens (tertiary/aromatic N) is 3. The van der Waals surface area contributed by atoms with Crippen molar-refractivity contribution in [3.8, 4) is 0 Å². The number of carbonyl (C=O) groups excluding carboxylic acids is 2. The second-order valence-electron chi connectivity index (χ2n) is 7.75. The second-order valence-corrected chi connectivity index (χ2v) is 7.75. The van der Waals surface area contributed by atoms with Gasteiger partial charge in [0.15, 0.2) is 0 Å². The van der Waals surface area contributed by atoms with Crippen LogP contribution in [0.15, 0.2) is 36.8 Å². The first-order chi connectivity index (χ1) is 13.6. The number of fused-ring (bicyclic) bond motifs is 3. The number of carbonyl (C=O) groups is 2. The number of rotatable bonds is 1. The average molecular weight is 377 g/mol. The van der Waals surface area contributed by atoms with Gasteiger partial charge in [0.2, 0.25) is 5.91 Å². The molecular formula is C21H23N5O2. The maximum Gasteiger partial charge on any atom is 0.253 e. The standard InChI is InChI=1S/C21H23N5O2/c1-14(27)26-9-5-18-19(24-13-23-18)21(26)6-10-25(11-7-21)20(28)16-2-3-17-15(12-16)4-8-22-17/h2-4,8,12-13,22H,5-7,9-11H2,1H3,(H,23,24). The van der Waals surface area contributed by atoms with E-state index >= 15 is 0 Å². The minimum atomic E-state index is -0.402. The maximum atomic E-state index is 13.1. The van der Waals surface area contributed by atoms with Crippen LogP contribution < -0.4 is 0 Å². The summed E-state index contributed by atoms with van der Waals surface area (Å²) in [5.74, 6) is 0.122. The zero-order valence-electron chi connectivity index (χ0n) is 15.9. The van der Waals surface area contributed by atoms with Crippen LogP contribution in [-0.2, 0) is 16.8 Å². The molecule has 2 N–H and O–H groups in total. The van der Waals surface area contributed by atoms with E-state index in [0.717, 1.165) is 28.7 Å². The van der Waals surface area contributed by atoms with Gasteiger partial charge in [-0.2, -0.15) is 0 Å². The lowest BCUT2D eigenvalue weighted by molar-refractivity contribution is -0.139. The third-order valence-corrected chi connectivity index (χ3v) is 6.32. The highest BCUT2D eigenvalue weighted by Gasteiger charge is 2.48. The smallest absolute Gasteiger partial charge is 0.253 e. The molecule has 0 atom stereocenters. The van der Waals surface area contributed by atoms with E-state index < -0.39 is 5.54 Å². The fraction of sp³-hybridized carbons (Fsp3) is 0.381. The molecule has 2 aliphatic heterocycles. The van der Waals surface area contributed by atoms with Crippen molar-refractivity contribution in [2.75, 3.05) is 19.6 Å². The molecule has 2 aliphatic rings. The Bertz CT molecular complexity index is 1060. The number of H-pyrrole nitrogens is 2. The molecule has 0 radical (unpaired) electrons. The van der Waals surface area contributed by atoms with Crippen LogP contribution in [0.4, 0.5) is 0 Å². The molecule has 2 amide bonds. The lowest BCUT2D eigenvalue weighted by Gasteiger charge is -2.50. The molecule has 1 fully saturated rings. The molecular weight excluding hydrogens is 354 g/mol. The Morgan fingerprint density at radius 3 is 2.71 bits per heavy atom. The van der Waals surface area contributed by atoms with Gasteiger partial charge in [-0.15, -0.1) is 0 Å². The molecule has 2 aromatic heterocycles. The lowest BCUT2D eigenvalue weighted by Crippen LogP contribution is -2.58. The highest BCUT2D eigenvalue weighted by molar-refractivity contribution is 5.98. The van der Waals surface area contributed by atoms with Crippen LogP contribution in [-0.4, -0.2) is 56.2 Å². The minimum Gasteiger partial charge on any atom is -0.361 e. The Balaban J connectivity index is 1.40. The third kappa shape index (κ3) is 2.46. The number of piperidine rings is 1. The van der Waals surface area contributed by atoms with Gasteiger partial charge in [0.1, 0.15) is 0 Å². The molecule has 5 rings (SSSR count). The molecule has 7 heteroatoms. The van der Waals surface area contributed by atoms with E-state index in [9.17, 15) is 9.59 Å². The lowest BCUT2D eigenvalue weighted by atomic mass is 9.78. The van der Waals surface area contributed by atoms with Gasteiger partial charge in [0.25, 0.3) is 5.91 Å². The number of aromatic amines is 2. The summed E-state index contributed by atoms with van der Waals surface area (Å²) in [6, 6.07) is 7.73. The Labute approximate surface area is 162 Å². The fourth-order valence-corrected chi connectivity index (χ4v) is 4.89.